The van der Waals surface area contributed by atoms with Gasteiger partial charge in [0.2, 0.25) is 11.8 Å². The van der Waals surface area contributed by atoms with Gasteiger partial charge in [0.05, 0.1) is 11.1 Å². The molecule has 42 heavy (non-hydrogen) atoms. The smallest absolute Gasteiger partial charge is 0.483 e. The Labute approximate surface area is 238 Å². The van der Waals surface area contributed by atoms with Crippen LogP contribution in [0.2, 0.25) is 0 Å². The number of carboxylic acid groups (broad SMARTS) is 1. The summed E-state index contributed by atoms with van der Waals surface area (Å²) in [4.78, 5) is 74.3. The molecule has 3 fully saturated rings. The van der Waals surface area contributed by atoms with Crippen LogP contribution in [-0.2, 0) is 19.2 Å². The molecule has 1 atom stereocenters. The molecule has 12 nitrogen and oxygen atoms in total. The molecule has 3 saturated heterocycles. The number of alkyl halides is 3. The Morgan fingerprint density at radius 2 is 1.57 bits per heavy atom. The van der Waals surface area contributed by atoms with Gasteiger partial charge in [-0.3, -0.25) is 34.2 Å². The minimum absolute atomic E-state index is 0.0516. The lowest BCUT2D eigenvalue weighted by Gasteiger charge is -2.37. The molecule has 15 heteroatoms. The van der Waals surface area contributed by atoms with Gasteiger partial charge in [0.25, 0.3) is 17.7 Å². The third-order valence-electron chi connectivity index (χ3n) is 7.97. The van der Waals surface area contributed by atoms with Crippen LogP contribution in [0, 0.1) is 11.8 Å². The summed E-state index contributed by atoms with van der Waals surface area (Å²) in [5.74, 6) is -3.71. The van der Waals surface area contributed by atoms with Crippen molar-refractivity contribution in [3.05, 3.63) is 29.3 Å². The first-order chi connectivity index (χ1) is 19.9. The molecular formula is C27H31F3N4O8. The number of carbonyl (C=O) groups excluding carboxylic acids is 5. The van der Waals surface area contributed by atoms with E-state index in [1.54, 1.807) is 12.1 Å². The number of hydrogen-bond donors (Lipinski definition) is 3. The Bertz CT molecular complexity index is 1260. The summed E-state index contributed by atoms with van der Waals surface area (Å²) in [6.45, 7) is 3.31. The average molecular weight is 597 g/mol. The average Bonchev–Trinajstić information content (AvgIpc) is 3.22. The van der Waals surface area contributed by atoms with Gasteiger partial charge in [0.15, 0.2) is 6.61 Å². The third-order valence-corrected chi connectivity index (χ3v) is 7.97. The molecule has 0 bridgehead atoms. The van der Waals surface area contributed by atoms with E-state index in [9.17, 15) is 37.1 Å². The van der Waals surface area contributed by atoms with Crippen LogP contribution in [0.3, 0.4) is 0 Å². The predicted molar refractivity (Wildman–Crippen MR) is 137 cm³/mol. The van der Waals surface area contributed by atoms with Crippen molar-refractivity contribution in [2.75, 3.05) is 32.8 Å². The van der Waals surface area contributed by atoms with Crippen LogP contribution in [0.25, 0.3) is 0 Å². The van der Waals surface area contributed by atoms with Crippen LogP contribution in [0.5, 0.6) is 5.75 Å². The lowest BCUT2D eigenvalue weighted by Crippen LogP contribution is -2.54. The fourth-order valence-corrected chi connectivity index (χ4v) is 5.77. The Morgan fingerprint density at radius 3 is 2.17 bits per heavy atom. The van der Waals surface area contributed by atoms with Crippen LogP contribution in [0.4, 0.5) is 13.2 Å². The lowest BCUT2D eigenvalue weighted by molar-refractivity contribution is -0.192. The maximum atomic E-state index is 13.1. The number of imide groups is 2. The minimum atomic E-state index is -5.08. The second-order valence-corrected chi connectivity index (χ2v) is 10.5. The van der Waals surface area contributed by atoms with Crippen molar-refractivity contribution < 1.29 is 51.8 Å². The Hall–Kier alpha value is -4.01. The van der Waals surface area contributed by atoms with Crippen LogP contribution in [0.1, 0.15) is 59.2 Å². The van der Waals surface area contributed by atoms with E-state index in [4.69, 9.17) is 14.6 Å². The number of likely N-dealkylation sites (tertiary alicyclic amines) is 1. The zero-order valence-electron chi connectivity index (χ0n) is 22.6. The monoisotopic (exact) mass is 596 g/mol. The van der Waals surface area contributed by atoms with Crippen molar-refractivity contribution >= 4 is 35.5 Å². The molecule has 4 aliphatic heterocycles. The number of halogens is 3. The van der Waals surface area contributed by atoms with Gasteiger partial charge in [-0.25, -0.2) is 4.79 Å². The fourth-order valence-electron chi connectivity index (χ4n) is 5.77. The number of carboxylic acids is 1. The number of nitrogens with one attached hydrogen (secondary N) is 2. The number of amides is 5. The number of ether oxygens (including phenoxy) is 1. The van der Waals surface area contributed by atoms with Gasteiger partial charge in [0, 0.05) is 19.5 Å². The largest absolute Gasteiger partial charge is 0.490 e. The Kier molecular flexibility index (Phi) is 9.49. The maximum absolute atomic E-state index is 13.1. The van der Waals surface area contributed by atoms with Crippen LogP contribution in [-0.4, -0.2) is 95.4 Å². The first-order valence-electron chi connectivity index (χ1n) is 13.6. The molecule has 0 spiro atoms. The summed E-state index contributed by atoms with van der Waals surface area (Å²) >= 11 is 0. The molecular weight excluding hydrogens is 565 g/mol. The molecule has 0 aliphatic carbocycles. The summed E-state index contributed by atoms with van der Waals surface area (Å²) in [6, 6.07) is 3.59. The molecule has 4 heterocycles. The van der Waals surface area contributed by atoms with E-state index in [0.717, 1.165) is 36.7 Å². The molecule has 5 amide bonds. The molecule has 228 valence electrons. The summed E-state index contributed by atoms with van der Waals surface area (Å²) < 4.78 is 37.5. The maximum Gasteiger partial charge on any atom is 0.490 e. The highest BCUT2D eigenvalue weighted by molar-refractivity contribution is 6.24. The number of rotatable bonds is 5. The zero-order chi connectivity index (χ0) is 30.6. The summed E-state index contributed by atoms with van der Waals surface area (Å²) in [5.41, 5.74) is 0.187. The molecule has 3 N–H and O–H groups in total. The van der Waals surface area contributed by atoms with E-state index >= 15 is 0 Å². The zero-order valence-corrected chi connectivity index (χ0v) is 22.6. The first kappa shape index (κ1) is 30.9. The number of nitrogens with zero attached hydrogens (tertiary/aromatic N) is 2. The van der Waals surface area contributed by atoms with Crippen molar-refractivity contribution in [1.82, 2.24) is 20.4 Å². The minimum Gasteiger partial charge on any atom is -0.483 e. The molecule has 1 aromatic carbocycles. The second kappa shape index (κ2) is 12.9. The molecule has 0 radical (unpaired) electrons. The summed E-state index contributed by atoms with van der Waals surface area (Å²) in [5, 5.41) is 12.7. The van der Waals surface area contributed by atoms with Crippen molar-refractivity contribution in [3.63, 3.8) is 0 Å². The van der Waals surface area contributed by atoms with E-state index < -0.39 is 41.8 Å². The normalized spacial score (nSPS) is 21.8. The van der Waals surface area contributed by atoms with Gasteiger partial charge in [-0.05, 0) is 69.2 Å². The lowest BCUT2D eigenvalue weighted by atomic mass is 9.79. The number of aliphatic carboxylic acids is 1. The van der Waals surface area contributed by atoms with Crippen LogP contribution in [0.15, 0.2) is 18.2 Å². The molecule has 1 unspecified atom stereocenters. The molecule has 4 aliphatic rings. The number of fused-ring (bicyclic) bond motifs is 1. The van der Waals surface area contributed by atoms with Crippen molar-refractivity contribution in [1.29, 1.82) is 0 Å². The van der Waals surface area contributed by atoms with Gasteiger partial charge in [-0.1, -0.05) is 6.07 Å². The Morgan fingerprint density at radius 1 is 0.952 bits per heavy atom. The van der Waals surface area contributed by atoms with Gasteiger partial charge >= 0.3 is 12.1 Å². The standard InChI is InChI=1S/C25H30N4O6.C2HF3O2/c30-20-5-4-18(23(32)27-20)29-24(33)17-2-1-3-19(22(17)25(29)34)35-14-21(31)28-12-8-16(9-13-28)15-6-10-26-11-7-15;3-2(4,5)1(6)7/h1-3,15-16,18,26H,4-14H2,(H,27,30,32);(H,6,7). The van der Waals surface area contributed by atoms with Gasteiger partial charge in [-0.2, -0.15) is 13.2 Å². The third kappa shape index (κ3) is 6.89. The van der Waals surface area contributed by atoms with Crippen LogP contribution < -0.4 is 15.4 Å². The van der Waals surface area contributed by atoms with Crippen molar-refractivity contribution in [2.45, 2.75) is 50.7 Å². The quantitative estimate of drug-likeness (QED) is 0.426. The first-order valence-corrected chi connectivity index (χ1v) is 13.6. The van der Waals surface area contributed by atoms with Crippen molar-refractivity contribution in [2.24, 2.45) is 11.8 Å². The molecule has 0 saturated carbocycles. The second-order valence-electron chi connectivity index (χ2n) is 10.5. The fraction of sp³-hybridized carbons (Fsp3) is 0.556. The van der Waals surface area contributed by atoms with E-state index in [0.29, 0.717) is 19.0 Å². The topological polar surface area (TPSA) is 162 Å². The summed E-state index contributed by atoms with van der Waals surface area (Å²) in [7, 11) is 0. The Balaban J connectivity index is 0.000000517. The SMILES string of the molecule is O=C(O)C(F)(F)F.O=C1CCC(N2C(=O)c3cccc(OCC(=O)N4CCC(C5CCNCC5)CC4)c3C2=O)C(=O)N1. The number of carbonyl (C=O) groups is 6. The molecule has 0 aromatic heterocycles. The van der Waals surface area contributed by atoms with Gasteiger partial charge in [0.1, 0.15) is 11.8 Å². The van der Waals surface area contributed by atoms with E-state index in [2.05, 4.69) is 10.6 Å². The number of piperidine rings is 3. The van der Waals surface area contributed by atoms with E-state index in [1.165, 1.54) is 18.9 Å². The van der Waals surface area contributed by atoms with E-state index in [1.807, 2.05) is 4.90 Å². The predicted octanol–water partition coefficient (Wildman–Crippen LogP) is 1.34. The highest BCUT2D eigenvalue weighted by atomic mass is 19.4. The number of hydrogen-bond acceptors (Lipinski definition) is 8. The van der Waals surface area contributed by atoms with Crippen LogP contribution >= 0.6 is 0 Å². The summed E-state index contributed by atoms with van der Waals surface area (Å²) in [6.07, 6.45) is -0.572. The molecule has 1 aromatic rings. The van der Waals surface area contributed by atoms with Gasteiger partial charge < -0.3 is 20.1 Å². The van der Waals surface area contributed by atoms with E-state index in [-0.39, 0.29) is 42.2 Å². The highest BCUT2D eigenvalue weighted by Gasteiger charge is 2.46. The number of benzene rings is 1. The molecule has 5 rings (SSSR count). The van der Waals surface area contributed by atoms with Gasteiger partial charge in [-0.15, -0.1) is 0 Å². The van der Waals surface area contributed by atoms with Crippen molar-refractivity contribution in [3.8, 4) is 5.75 Å². The highest BCUT2D eigenvalue weighted by Crippen LogP contribution is 2.34.